The maximum atomic E-state index is 12.7. The fourth-order valence-corrected chi connectivity index (χ4v) is 3.62. The van der Waals surface area contributed by atoms with E-state index in [0.29, 0.717) is 12.5 Å². The Morgan fingerprint density at radius 2 is 1.89 bits per heavy atom. The van der Waals surface area contributed by atoms with Crippen molar-refractivity contribution < 1.29 is 13.2 Å². The van der Waals surface area contributed by atoms with Gasteiger partial charge in [0.2, 0.25) is 0 Å². The zero-order chi connectivity index (χ0) is 19.4. The summed E-state index contributed by atoms with van der Waals surface area (Å²) in [4.78, 5) is 9.34. The van der Waals surface area contributed by atoms with Gasteiger partial charge in [-0.15, -0.1) is 24.0 Å². The second-order valence-corrected chi connectivity index (χ2v) is 7.63. The van der Waals surface area contributed by atoms with Crippen LogP contribution < -0.4 is 5.32 Å². The van der Waals surface area contributed by atoms with Crippen LogP contribution in [0.25, 0.3) is 0 Å². The highest BCUT2D eigenvalue weighted by Gasteiger charge is 2.34. The molecule has 0 radical (unpaired) electrons. The minimum atomic E-state index is -4.30. The molecule has 1 N–H and O–H groups in total. The lowest BCUT2D eigenvalue weighted by Crippen LogP contribution is -2.39. The molecule has 1 aliphatic heterocycles. The largest absolute Gasteiger partial charge is 0.416 e. The van der Waals surface area contributed by atoms with Crippen LogP contribution in [0.5, 0.6) is 0 Å². The van der Waals surface area contributed by atoms with Gasteiger partial charge in [0.1, 0.15) is 0 Å². The molecule has 28 heavy (non-hydrogen) atoms. The fraction of sp³-hybridized carbons (Fsp3) is 0.650. The Hall–Kier alpha value is -1.03. The molecule has 4 nitrogen and oxygen atoms in total. The number of benzene rings is 1. The Kier molecular flexibility index (Phi) is 8.42. The summed E-state index contributed by atoms with van der Waals surface area (Å²) in [6, 6.07) is 6.16. The summed E-state index contributed by atoms with van der Waals surface area (Å²) in [7, 11) is 1.92. The first-order valence-corrected chi connectivity index (χ1v) is 9.76. The average Bonchev–Trinajstić information content (AvgIpc) is 3.37. The zero-order valence-electron chi connectivity index (χ0n) is 16.5. The van der Waals surface area contributed by atoms with Crippen LogP contribution in [-0.2, 0) is 12.7 Å². The van der Waals surface area contributed by atoms with E-state index in [1.165, 1.54) is 37.9 Å². The lowest BCUT2D eigenvalue weighted by atomic mass is 10.1. The van der Waals surface area contributed by atoms with Gasteiger partial charge in [-0.25, -0.2) is 0 Å². The van der Waals surface area contributed by atoms with E-state index in [2.05, 4.69) is 10.2 Å². The summed E-state index contributed by atoms with van der Waals surface area (Å²) in [6.07, 6.45) is -0.415. The van der Waals surface area contributed by atoms with E-state index in [1.807, 2.05) is 18.9 Å². The molecule has 3 rings (SSSR count). The SMILES string of the molecule is CCNC(=NCC1CCN(C2CC2)C1)N(C)Cc1ccc(C(F)(F)F)cc1.I. The number of alkyl halides is 3. The van der Waals surface area contributed by atoms with Gasteiger partial charge in [-0.1, -0.05) is 12.1 Å². The Bertz CT molecular complexity index is 644. The van der Waals surface area contributed by atoms with Crippen molar-refractivity contribution in [3.8, 4) is 0 Å². The third-order valence-corrected chi connectivity index (χ3v) is 5.28. The number of rotatable bonds is 6. The van der Waals surface area contributed by atoms with Crippen LogP contribution in [-0.4, -0.2) is 55.0 Å². The molecule has 1 aliphatic carbocycles. The molecule has 1 heterocycles. The van der Waals surface area contributed by atoms with Crippen LogP contribution in [0.2, 0.25) is 0 Å². The van der Waals surface area contributed by atoms with Crippen molar-refractivity contribution in [2.24, 2.45) is 10.9 Å². The third-order valence-electron chi connectivity index (χ3n) is 5.28. The molecule has 1 unspecified atom stereocenters. The van der Waals surface area contributed by atoms with E-state index >= 15 is 0 Å². The molecule has 0 spiro atoms. The standard InChI is InChI=1S/C20H29F3N4.HI/c1-3-24-19(25-12-16-10-11-27(14-16)18-8-9-18)26(2)13-15-4-6-17(7-5-15)20(21,22)23;/h4-7,16,18H,3,8-14H2,1-2H3,(H,24,25);1H. The second kappa shape index (κ2) is 10.1. The molecule has 1 atom stereocenters. The number of nitrogens with zero attached hydrogens (tertiary/aromatic N) is 3. The van der Waals surface area contributed by atoms with E-state index in [-0.39, 0.29) is 24.0 Å². The molecule has 1 aromatic carbocycles. The van der Waals surface area contributed by atoms with Gasteiger partial charge in [0.05, 0.1) is 5.56 Å². The predicted molar refractivity (Wildman–Crippen MR) is 117 cm³/mol. The summed E-state index contributed by atoms with van der Waals surface area (Å²) >= 11 is 0. The summed E-state index contributed by atoms with van der Waals surface area (Å²) in [5.41, 5.74) is 0.216. The zero-order valence-corrected chi connectivity index (χ0v) is 18.8. The first-order valence-electron chi connectivity index (χ1n) is 9.76. The molecule has 1 saturated carbocycles. The van der Waals surface area contributed by atoms with Gasteiger partial charge in [-0.05, 0) is 56.3 Å². The van der Waals surface area contributed by atoms with Gasteiger partial charge in [0.25, 0.3) is 0 Å². The number of guanidine groups is 1. The Labute approximate surface area is 182 Å². The summed E-state index contributed by atoms with van der Waals surface area (Å²) < 4.78 is 38.1. The topological polar surface area (TPSA) is 30.9 Å². The summed E-state index contributed by atoms with van der Waals surface area (Å²) in [6.45, 7) is 6.41. The van der Waals surface area contributed by atoms with Crippen LogP contribution in [0.15, 0.2) is 29.3 Å². The van der Waals surface area contributed by atoms with Crippen molar-refractivity contribution in [1.82, 2.24) is 15.1 Å². The lowest BCUT2D eigenvalue weighted by Gasteiger charge is -2.23. The molecule has 8 heteroatoms. The Morgan fingerprint density at radius 1 is 1.21 bits per heavy atom. The molecule has 158 valence electrons. The molecule has 0 amide bonds. The van der Waals surface area contributed by atoms with Crippen molar-refractivity contribution in [2.75, 3.05) is 33.2 Å². The van der Waals surface area contributed by atoms with Gasteiger partial charge in [-0.2, -0.15) is 13.2 Å². The lowest BCUT2D eigenvalue weighted by molar-refractivity contribution is -0.137. The minimum Gasteiger partial charge on any atom is -0.357 e. The van der Waals surface area contributed by atoms with Crippen LogP contribution in [0.4, 0.5) is 13.2 Å². The van der Waals surface area contributed by atoms with Crippen molar-refractivity contribution in [1.29, 1.82) is 0 Å². The highest BCUT2D eigenvalue weighted by atomic mass is 127. The van der Waals surface area contributed by atoms with Crippen molar-refractivity contribution in [3.63, 3.8) is 0 Å². The normalized spacial score (nSPS) is 20.8. The van der Waals surface area contributed by atoms with Gasteiger partial charge in [-0.3, -0.25) is 4.99 Å². The summed E-state index contributed by atoms with van der Waals surface area (Å²) in [5, 5.41) is 3.29. The smallest absolute Gasteiger partial charge is 0.357 e. The molecule has 1 aromatic rings. The second-order valence-electron chi connectivity index (χ2n) is 7.63. The number of halogens is 4. The minimum absolute atomic E-state index is 0. The van der Waals surface area contributed by atoms with Crippen LogP contribution >= 0.6 is 24.0 Å². The number of nitrogens with one attached hydrogen (secondary N) is 1. The first-order chi connectivity index (χ1) is 12.9. The van der Waals surface area contributed by atoms with Crippen LogP contribution in [0, 0.1) is 5.92 Å². The Morgan fingerprint density at radius 3 is 2.46 bits per heavy atom. The van der Waals surface area contributed by atoms with E-state index in [4.69, 9.17) is 4.99 Å². The van der Waals surface area contributed by atoms with Crippen molar-refractivity contribution in [2.45, 2.75) is 44.9 Å². The molecule has 2 fully saturated rings. The van der Waals surface area contributed by atoms with Crippen LogP contribution in [0.3, 0.4) is 0 Å². The Balaban J connectivity index is 0.00000280. The van der Waals surface area contributed by atoms with Gasteiger partial charge >= 0.3 is 6.18 Å². The molecule has 1 saturated heterocycles. The maximum Gasteiger partial charge on any atom is 0.416 e. The van der Waals surface area contributed by atoms with E-state index in [1.54, 1.807) is 0 Å². The number of hydrogen-bond acceptors (Lipinski definition) is 2. The van der Waals surface area contributed by atoms with Gasteiger partial charge in [0.15, 0.2) is 5.96 Å². The quantitative estimate of drug-likeness (QED) is 0.354. The average molecular weight is 510 g/mol. The van der Waals surface area contributed by atoms with E-state index < -0.39 is 11.7 Å². The molecular weight excluding hydrogens is 480 g/mol. The number of hydrogen-bond donors (Lipinski definition) is 1. The van der Waals surface area contributed by atoms with Crippen molar-refractivity contribution >= 4 is 29.9 Å². The predicted octanol–water partition coefficient (Wildman–Crippen LogP) is 4.21. The van der Waals surface area contributed by atoms with Crippen molar-refractivity contribution in [3.05, 3.63) is 35.4 Å². The number of likely N-dealkylation sites (tertiary alicyclic amines) is 1. The monoisotopic (exact) mass is 510 g/mol. The van der Waals surface area contributed by atoms with E-state index in [0.717, 1.165) is 49.3 Å². The fourth-order valence-electron chi connectivity index (χ4n) is 3.62. The van der Waals surface area contributed by atoms with Gasteiger partial charge < -0.3 is 15.1 Å². The summed E-state index contributed by atoms with van der Waals surface area (Å²) in [5.74, 6) is 1.40. The molecule has 0 aromatic heterocycles. The van der Waals surface area contributed by atoms with Gasteiger partial charge in [0, 0.05) is 39.3 Å². The molecule has 0 bridgehead atoms. The maximum absolute atomic E-state index is 12.7. The molecular formula is C20H30F3IN4. The van der Waals surface area contributed by atoms with E-state index in [9.17, 15) is 13.2 Å². The molecule has 2 aliphatic rings. The number of aliphatic imine (C=N–C) groups is 1. The third kappa shape index (κ3) is 6.50. The first kappa shape index (κ1) is 23.3. The van der Waals surface area contributed by atoms with Crippen LogP contribution in [0.1, 0.15) is 37.3 Å². The highest BCUT2D eigenvalue weighted by Crippen LogP contribution is 2.32. The highest BCUT2D eigenvalue weighted by molar-refractivity contribution is 14.0.